The Hall–Kier alpha value is -2.62. The molecule has 0 radical (unpaired) electrons. The number of hydrogen-bond donors (Lipinski definition) is 2. The first-order valence-corrected chi connectivity index (χ1v) is 12.7. The molecule has 0 saturated carbocycles. The number of carbonyl (C=O) groups excluding carboxylic acids is 2. The molecule has 10 heteroatoms. The van der Waals surface area contributed by atoms with Crippen molar-refractivity contribution in [3.05, 3.63) is 47.0 Å². The Kier molecular flexibility index (Phi) is 6.65. The normalized spacial score (nSPS) is 19.4. The second kappa shape index (κ2) is 9.32. The smallest absolute Gasteiger partial charge is 0.265 e. The van der Waals surface area contributed by atoms with Crippen LogP contribution in [0.3, 0.4) is 0 Å². The fraction of sp³-hybridized carbons (Fsp3) is 0.391. The number of nitrogens with zero attached hydrogens (tertiary/aromatic N) is 1. The van der Waals surface area contributed by atoms with Crippen molar-refractivity contribution in [2.75, 3.05) is 23.7 Å². The van der Waals surface area contributed by atoms with Crippen molar-refractivity contribution >= 4 is 44.8 Å². The number of amides is 2. The average molecular weight is 492 g/mol. The van der Waals surface area contributed by atoms with E-state index in [0.717, 1.165) is 5.56 Å². The number of carbonyl (C=O) groups is 2. The molecule has 2 N–H and O–H groups in total. The van der Waals surface area contributed by atoms with Crippen LogP contribution < -0.4 is 15.4 Å². The summed E-state index contributed by atoms with van der Waals surface area (Å²) in [6, 6.07) is 9.74. The van der Waals surface area contributed by atoms with Crippen molar-refractivity contribution in [1.29, 1.82) is 0 Å². The van der Waals surface area contributed by atoms with Crippen molar-refractivity contribution < 1.29 is 22.7 Å². The highest BCUT2D eigenvalue weighted by atomic mass is 35.5. The highest BCUT2D eigenvalue weighted by Crippen LogP contribution is 2.34. The largest absolute Gasteiger partial charge is 0.478 e. The fourth-order valence-electron chi connectivity index (χ4n) is 4.07. The molecule has 2 heterocycles. The topological polar surface area (TPSA) is 105 Å². The molecular weight excluding hydrogens is 466 g/mol. The van der Waals surface area contributed by atoms with Gasteiger partial charge < -0.3 is 15.4 Å². The number of nitrogens with one attached hydrogen (secondary N) is 2. The minimum absolute atomic E-state index is 0.0831. The van der Waals surface area contributed by atoms with Crippen LogP contribution in [0.4, 0.5) is 11.4 Å². The van der Waals surface area contributed by atoms with E-state index in [9.17, 15) is 18.0 Å². The molecule has 1 saturated heterocycles. The number of aryl methyl sites for hydroxylation is 1. The maximum Gasteiger partial charge on any atom is 0.265 e. The quantitative estimate of drug-likeness (QED) is 0.662. The minimum Gasteiger partial charge on any atom is -0.478 e. The van der Waals surface area contributed by atoms with Crippen molar-refractivity contribution in [2.24, 2.45) is 5.92 Å². The van der Waals surface area contributed by atoms with Gasteiger partial charge in [-0.25, -0.2) is 8.42 Å². The lowest BCUT2D eigenvalue weighted by Gasteiger charge is -2.31. The van der Waals surface area contributed by atoms with E-state index in [2.05, 4.69) is 10.6 Å². The number of sulfonamides is 1. The zero-order valence-electron chi connectivity index (χ0n) is 18.4. The van der Waals surface area contributed by atoms with Gasteiger partial charge in [0.25, 0.3) is 5.91 Å². The van der Waals surface area contributed by atoms with Gasteiger partial charge in [0.05, 0.1) is 10.6 Å². The SMILES string of the molecule is CC[C@@H]1Oc2ccc(S(=O)(=O)N3CCC(C(=O)Nc4ccc(Cl)cc4C)CC3)cc2NC1=O. The molecule has 1 fully saturated rings. The summed E-state index contributed by atoms with van der Waals surface area (Å²) >= 11 is 5.97. The van der Waals surface area contributed by atoms with Crippen molar-refractivity contribution in [3.8, 4) is 5.75 Å². The Bertz CT molecular complexity index is 1190. The van der Waals surface area contributed by atoms with Crippen molar-refractivity contribution in [3.63, 3.8) is 0 Å². The highest BCUT2D eigenvalue weighted by molar-refractivity contribution is 7.89. The number of benzene rings is 2. The molecule has 2 amide bonds. The monoisotopic (exact) mass is 491 g/mol. The maximum atomic E-state index is 13.2. The predicted octanol–water partition coefficient (Wildman–Crippen LogP) is 3.80. The minimum atomic E-state index is -3.77. The van der Waals surface area contributed by atoms with Crippen LogP contribution in [0, 0.1) is 12.8 Å². The summed E-state index contributed by atoms with van der Waals surface area (Å²) in [5.74, 6) is -0.249. The number of piperidine rings is 1. The van der Waals surface area contributed by atoms with Crippen LogP contribution in [0.1, 0.15) is 31.7 Å². The molecule has 0 spiro atoms. The van der Waals surface area contributed by atoms with Crippen LogP contribution in [0.15, 0.2) is 41.3 Å². The standard InChI is InChI=1S/C23H26ClN3O5S/c1-3-20-23(29)26-19-13-17(5-7-21(19)32-20)33(30,31)27-10-8-15(9-11-27)22(28)25-18-6-4-16(24)12-14(18)2/h4-7,12-13,15,20H,3,8-11H2,1-2H3,(H,25,28)(H,26,29)/t20-/m0/s1. The Morgan fingerprint density at radius 1 is 1.21 bits per heavy atom. The zero-order valence-corrected chi connectivity index (χ0v) is 20.0. The van der Waals surface area contributed by atoms with Gasteiger partial charge in [-0.1, -0.05) is 18.5 Å². The van der Waals surface area contributed by atoms with Gasteiger partial charge in [0.2, 0.25) is 15.9 Å². The van der Waals surface area contributed by atoms with E-state index in [1.807, 2.05) is 13.8 Å². The number of halogens is 1. The zero-order chi connectivity index (χ0) is 23.8. The molecule has 2 aliphatic heterocycles. The first-order valence-electron chi connectivity index (χ1n) is 10.9. The number of hydrogen-bond acceptors (Lipinski definition) is 5. The number of rotatable bonds is 5. The van der Waals surface area contributed by atoms with Crippen LogP contribution >= 0.6 is 11.6 Å². The Balaban J connectivity index is 1.41. The third-order valence-electron chi connectivity index (χ3n) is 6.05. The van der Waals surface area contributed by atoms with Crippen LogP contribution in [-0.2, 0) is 19.6 Å². The lowest BCUT2D eigenvalue weighted by Crippen LogP contribution is -2.41. The van der Waals surface area contributed by atoms with Gasteiger partial charge in [-0.05, 0) is 68.1 Å². The molecule has 2 aromatic rings. The van der Waals surface area contributed by atoms with Gasteiger partial charge in [0, 0.05) is 29.7 Å². The molecule has 33 heavy (non-hydrogen) atoms. The number of ether oxygens (including phenoxy) is 1. The average Bonchev–Trinajstić information content (AvgIpc) is 2.80. The first kappa shape index (κ1) is 23.5. The molecule has 4 rings (SSSR count). The van der Waals surface area contributed by atoms with Crippen LogP contribution in [0.2, 0.25) is 5.02 Å². The van der Waals surface area contributed by atoms with Gasteiger partial charge in [0.1, 0.15) is 5.75 Å². The summed E-state index contributed by atoms with van der Waals surface area (Å²) < 4.78 is 33.4. The highest BCUT2D eigenvalue weighted by Gasteiger charge is 2.34. The molecule has 1 atom stereocenters. The Labute approximate surface area is 198 Å². The van der Waals surface area contributed by atoms with Crippen molar-refractivity contribution in [1.82, 2.24) is 4.31 Å². The van der Waals surface area contributed by atoms with Gasteiger partial charge in [-0.2, -0.15) is 4.31 Å². The van der Waals surface area contributed by atoms with Crippen LogP contribution in [0.25, 0.3) is 0 Å². The van der Waals surface area contributed by atoms with Crippen molar-refractivity contribution in [2.45, 2.75) is 44.1 Å². The molecule has 0 aromatic heterocycles. The van der Waals surface area contributed by atoms with E-state index in [-0.39, 0.29) is 35.7 Å². The lowest BCUT2D eigenvalue weighted by atomic mass is 9.97. The summed E-state index contributed by atoms with van der Waals surface area (Å²) in [7, 11) is -3.77. The van der Waals surface area contributed by atoms with E-state index in [1.54, 1.807) is 24.3 Å². The molecule has 0 aliphatic carbocycles. The first-order chi connectivity index (χ1) is 15.7. The molecule has 0 unspecified atom stereocenters. The fourth-order valence-corrected chi connectivity index (χ4v) is 5.79. The summed E-state index contributed by atoms with van der Waals surface area (Å²) in [6.07, 6.45) is 0.772. The van der Waals surface area contributed by atoms with Gasteiger partial charge >= 0.3 is 0 Å². The Morgan fingerprint density at radius 3 is 2.61 bits per heavy atom. The van der Waals surface area contributed by atoms with E-state index < -0.39 is 16.1 Å². The summed E-state index contributed by atoms with van der Waals surface area (Å²) in [5.41, 5.74) is 1.91. The van der Waals surface area contributed by atoms with Crippen LogP contribution in [0.5, 0.6) is 5.75 Å². The molecule has 176 valence electrons. The van der Waals surface area contributed by atoms with Gasteiger partial charge in [-0.15, -0.1) is 0 Å². The molecular formula is C23H26ClN3O5S. The number of anilines is 2. The van der Waals surface area contributed by atoms with E-state index in [4.69, 9.17) is 16.3 Å². The summed E-state index contributed by atoms with van der Waals surface area (Å²) in [5, 5.41) is 6.24. The van der Waals surface area contributed by atoms with Crippen LogP contribution in [-0.4, -0.2) is 43.7 Å². The second-order valence-electron chi connectivity index (χ2n) is 8.29. The molecule has 8 nitrogen and oxygen atoms in total. The Morgan fingerprint density at radius 2 is 1.94 bits per heavy atom. The van der Waals surface area contributed by atoms with Gasteiger partial charge in [0.15, 0.2) is 6.10 Å². The van der Waals surface area contributed by atoms with E-state index >= 15 is 0 Å². The van der Waals surface area contributed by atoms with Gasteiger partial charge in [-0.3, -0.25) is 9.59 Å². The molecule has 0 bridgehead atoms. The number of fused-ring (bicyclic) bond motifs is 1. The second-order valence-corrected chi connectivity index (χ2v) is 10.7. The third kappa shape index (κ3) is 4.85. The van der Waals surface area contributed by atoms with E-state index in [0.29, 0.717) is 41.4 Å². The maximum absolute atomic E-state index is 13.2. The summed E-state index contributed by atoms with van der Waals surface area (Å²) in [4.78, 5) is 24.9. The summed E-state index contributed by atoms with van der Waals surface area (Å²) in [6.45, 7) is 4.18. The molecule has 2 aromatic carbocycles. The predicted molar refractivity (Wildman–Crippen MR) is 126 cm³/mol. The molecule has 2 aliphatic rings. The lowest BCUT2D eigenvalue weighted by molar-refractivity contribution is -0.123. The van der Waals surface area contributed by atoms with E-state index in [1.165, 1.54) is 16.4 Å². The third-order valence-corrected chi connectivity index (χ3v) is 8.18.